The van der Waals surface area contributed by atoms with Crippen molar-refractivity contribution in [3.63, 3.8) is 0 Å². The number of nitriles is 1. The highest BCUT2D eigenvalue weighted by molar-refractivity contribution is 5.88. The van der Waals surface area contributed by atoms with Crippen LogP contribution in [0.5, 0.6) is 11.5 Å². The van der Waals surface area contributed by atoms with Gasteiger partial charge < -0.3 is 18.6 Å². The molecule has 0 N–H and O–H groups in total. The van der Waals surface area contributed by atoms with E-state index in [-0.39, 0.29) is 6.61 Å². The molecule has 0 radical (unpaired) electrons. The molecular weight excluding hydrogens is 482 g/mol. The Morgan fingerprint density at radius 2 is 1.76 bits per heavy atom. The van der Waals surface area contributed by atoms with Gasteiger partial charge in [0.25, 0.3) is 0 Å². The summed E-state index contributed by atoms with van der Waals surface area (Å²) >= 11 is 0. The fourth-order valence-electron chi connectivity index (χ4n) is 4.10. The molecular formula is C31H27NO6. The van der Waals surface area contributed by atoms with E-state index >= 15 is 0 Å². The first kappa shape index (κ1) is 26.2. The number of hydrogen-bond acceptors (Lipinski definition) is 7. The second-order valence-corrected chi connectivity index (χ2v) is 8.54. The Bertz CT molecular complexity index is 1570. The van der Waals surface area contributed by atoms with Gasteiger partial charge in [0.05, 0.1) is 30.9 Å². The van der Waals surface area contributed by atoms with Crippen molar-refractivity contribution in [2.45, 2.75) is 26.9 Å². The van der Waals surface area contributed by atoms with Gasteiger partial charge in [-0.3, -0.25) is 0 Å². The summed E-state index contributed by atoms with van der Waals surface area (Å²) in [6.45, 7) is 3.98. The summed E-state index contributed by atoms with van der Waals surface area (Å²) < 4.78 is 22.2. The van der Waals surface area contributed by atoms with E-state index in [1.54, 1.807) is 43.5 Å². The number of rotatable bonds is 9. The van der Waals surface area contributed by atoms with Crippen LogP contribution in [0.4, 0.5) is 0 Å². The lowest BCUT2D eigenvalue weighted by Crippen LogP contribution is -2.12. The smallest absolute Gasteiger partial charge is 0.340 e. The molecule has 4 aromatic rings. The van der Waals surface area contributed by atoms with E-state index in [4.69, 9.17) is 23.9 Å². The van der Waals surface area contributed by atoms with Crippen LogP contribution in [0.25, 0.3) is 17.0 Å². The second kappa shape index (κ2) is 11.9. The lowest BCUT2D eigenvalue weighted by molar-refractivity contribution is -0.138. The average molecular weight is 510 g/mol. The van der Waals surface area contributed by atoms with Crippen molar-refractivity contribution in [3.8, 4) is 17.6 Å². The first-order valence-corrected chi connectivity index (χ1v) is 12.1. The van der Waals surface area contributed by atoms with Crippen LogP contribution in [0.1, 0.15) is 40.3 Å². The fourth-order valence-corrected chi connectivity index (χ4v) is 4.10. The van der Waals surface area contributed by atoms with Crippen molar-refractivity contribution in [1.82, 2.24) is 0 Å². The van der Waals surface area contributed by atoms with Crippen LogP contribution in [-0.2, 0) is 22.6 Å². The number of aryl methyl sites for hydroxylation is 1. The molecule has 192 valence electrons. The Morgan fingerprint density at radius 3 is 2.42 bits per heavy atom. The first-order valence-electron chi connectivity index (χ1n) is 12.1. The van der Waals surface area contributed by atoms with Crippen LogP contribution < -0.4 is 15.1 Å². The molecule has 0 unspecified atom stereocenters. The maximum absolute atomic E-state index is 13.1. The number of methoxy groups -OCH3 is 1. The molecule has 7 heteroatoms. The standard InChI is InChI=1S/C31H27NO6/c1-4-36-28-15-14-25-20(2)26(17-22-5-7-23(18-32)8-6-22)31(34)38-30(25)27(28)19-37-29(33)16-11-21-9-12-24(35-3)13-10-21/h5-16H,4,17,19H2,1-3H3/b16-11+. The predicted molar refractivity (Wildman–Crippen MR) is 144 cm³/mol. The molecule has 0 saturated carbocycles. The second-order valence-electron chi connectivity index (χ2n) is 8.54. The number of esters is 1. The van der Waals surface area contributed by atoms with Gasteiger partial charge in [-0.2, -0.15) is 5.26 Å². The largest absolute Gasteiger partial charge is 0.497 e. The number of ether oxygens (including phenoxy) is 3. The Kier molecular flexibility index (Phi) is 8.24. The molecule has 7 nitrogen and oxygen atoms in total. The molecule has 0 spiro atoms. The highest BCUT2D eigenvalue weighted by atomic mass is 16.5. The Balaban J connectivity index is 1.61. The first-order chi connectivity index (χ1) is 18.4. The van der Waals surface area contributed by atoms with Gasteiger partial charge >= 0.3 is 11.6 Å². The third kappa shape index (κ3) is 5.93. The van der Waals surface area contributed by atoms with Crippen LogP contribution in [0.15, 0.2) is 76.0 Å². The Morgan fingerprint density at radius 1 is 1.03 bits per heavy atom. The number of nitrogens with zero attached hydrogens (tertiary/aromatic N) is 1. The molecule has 38 heavy (non-hydrogen) atoms. The highest BCUT2D eigenvalue weighted by Crippen LogP contribution is 2.31. The molecule has 3 aromatic carbocycles. The van der Waals surface area contributed by atoms with E-state index in [1.807, 2.05) is 44.2 Å². The molecule has 0 aliphatic carbocycles. The maximum Gasteiger partial charge on any atom is 0.340 e. The van der Waals surface area contributed by atoms with Crippen molar-refractivity contribution in [3.05, 3.63) is 111 Å². The number of carbonyl (C=O) groups excluding carboxylic acids is 1. The third-order valence-electron chi connectivity index (χ3n) is 6.17. The van der Waals surface area contributed by atoms with Crippen molar-refractivity contribution >= 4 is 23.0 Å². The average Bonchev–Trinajstić information content (AvgIpc) is 2.94. The summed E-state index contributed by atoms with van der Waals surface area (Å²) in [5.41, 5.74) is 3.90. The van der Waals surface area contributed by atoms with E-state index in [0.29, 0.717) is 41.1 Å². The van der Waals surface area contributed by atoms with Crippen molar-refractivity contribution < 1.29 is 23.4 Å². The minimum absolute atomic E-state index is 0.129. The van der Waals surface area contributed by atoms with Crippen molar-refractivity contribution in [2.24, 2.45) is 0 Å². The molecule has 0 amide bonds. The molecule has 0 atom stereocenters. The Labute approximate surface area is 220 Å². The summed E-state index contributed by atoms with van der Waals surface area (Å²) in [7, 11) is 1.59. The quantitative estimate of drug-likeness (QED) is 0.161. The van der Waals surface area contributed by atoms with Gasteiger partial charge in [-0.05, 0) is 73.0 Å². The molecule has 0 aliphatic heterocycles. The molecule has 0 fully saturated rings. The molecule has 0 bridgehead atoms. The van der Waals surface area contributed by atoms with Crippen molar-refractivity contribution in [2.75, 3.05) is 13.7 Å². The predicted octanol–water partition coefficient (Wildman–Crippen LogP) is 5.73. The van der Waals surface area contributed by atoms with E-state index in [9.17, 15) is 9.59 Å². The normalized spacial score (nSPS) is 10.9. The van der Waals surface area contributed by atoms with E-state index in [1.165, 1.54) is 6.08 Å². The SMILES string of the molecule is CCOc1ccc2c(C)c(Cc3ccc(C#N)cc3)c(=O)oc2c1COC(=O)/C=C/c1ccc(OC)cc1. The number of hydrogen-bond donors (Lipinski definition) is 0. The summed E-state index contributed by atoms with van der Waals surface area (Å²) in [6, 6.07) is 20.1. The van der Waals surface area contributed by atoms with Gasteiger partial charge in [-0.25, -0.2) is 9.59 Å². The van der Waals surface area contributed by atoms with Gasteiger partial charge in [0.1, 0.15) is 23.7 Å². The zero-order valence-electron chi connectivity index (χ0n) is 21.4. The van der Waals surface area contributed by atoms with Crippen LogP contribution in [-0.4, -0.2) is 19.7 Å². The topological polar surface area (TPSA) is 98.8 Å². The van der Waals surface area contributed by atoms with Gasteiger partial charge in [-0.1, -0.05) is 24.3 Å². The fraction of sp³-hybridized carbons (Fsp3) is 0.194. The lowest BCUT2D eigenvalue weighted by atomic mass is 9.98. The minimum atomic E-state index is -0.545. The van der Waals surface area contributed by atoms with Gasteiger partial charge in [0, 0.05) is 23.4 Å². The van der Waals surface area contributed by atoms with Gasteiger partial charge in [-0.15, -0.1) is 0 Å². The van der Waals surface area contributed by atoms with Crippen LogP contribution >= 0.6 is 0 Å². The minimum Gasteiger partial charge on any atom is -0.497 e. The number of carbonyl (C=O) groups is 1. The zero-order chi connectivity index (χ0) is 27.1. The lowest BCUT2D eigenvalue weighted by Gasteiger charge is -2.15. The third-order valence-corrected chi connectivity index (χ3v) is 6.17. The van der Waals surface area contributed by atoms with Crippen LogP contribution in [0, 0.1) is 18.3 Å². The molecule has 4 rings (SSSR count). The monoisotopic (exact) mass is 509 g/mol. The Hall–Kier alpha value is -4.83. The summed E-state index contributed by atoms with van der Waals surface area (Å²) in [5.74, 6) is 0.659. The van der Waals surface area contributed by atoms with E-state index in [2.05, 4.69) is 6.07 Å². The molecule has 1 aromatic heterocycles. The number of benzene rings is 3. The van der Waals surface area contributed by atoms with Crippen LogP contribution in [0.3, 0.4) is 0 Å². The van der Waals surface area contributed by atoms with Gasteiger partial charge in [0.15, 0.2) is 0 Å². The van der Waals surface area contributed by atoms with Gasteiger partial charge in [0.2, 0.25) is 0 Å². The van der Waals surface area contributed by atoms with Crippen molar-refractivity contribution in [1.29, 1.82) is 5.26 Å². The molecule has 1 heterocycles. The van der Waals surface area contributed by atoms with E-state index < -0.39 is 11.6 Å². The molecule has 0 aliphatic rings. The summed E-state index contributed by atoms with van der Waals surface area (Å²) in [5, 5.41) is 9.76. The highest BCUT2D eigenvalue weighted by Gasteiger charge is 2.19. The van der Waals surface area contributed by atoms with E-state index in [0.717, 1.165) is 27.8 Å². The summed E-state index contributed by atoms with van der Waals surface area (Å²) in [6.07, 6.45) is 3.35. The maximum atomic E-state index is 13.1. The zero-order valence-corrected chi connectivity index (χ0v) is 21.4. The number of fused-ring (bicyclic) bond motifs is 1. The van der Waals surface area contributed by atoms with Crippen LogP contribution in [0.2, 0.25) is 0 Å². The summed E-state index contributed by atoms with van der Waals surface area (Å²) in [4.78, 5) is 25.5. The molecule has 0 saturated heterocycles.